The maximum absolute atomic E-state index is 4.98. The zero-order valence-corrected chi connectivity index (χ0v) is 13.4. The van der Waals surface area contributed by atoms with Crippen molar-refractivity contribution >= 4 is 23.1 Å². The average molecular weight is 297 g/mol. The molecule has 106 valence electrons. The first-order chi connectivity index (χ1) is 9.36. The summed E-state index contributed by atoms with van der Waals surface area (Å²) in [7, 11) is 0. The molecule has 2 nitrogen and oxygen atoms in total. The second-order valence-corrected chi connectivity index (χ2v) is 8.11. The Morgan fingerprint density at radius 1 is 1.26 bits per heavy atom. The van der Waals surface area contributed by atoms with Crippen molar-refractivity contribution in [3.8, 4) is 0 Å². The fourth-order valence-electron chi connectivity index (χ4n) is 2.57. The first-order valence-electron chi connectivity index (χ1n) is 7.70. The monoisotopic (exact) mass is 296 g/mol. The minimum Gasteiger partial charge on any atom is -0.309 e. The number of thioether (sulfide) groups is 1. The van der Waals surface area contributed by atoms with Crippen LogP contribution < -0.4 is 5.32 Å². The second kappa shape index (κ2) is 6.59. The van der Waals surface area contributed by atoms with Crippen LogP contribution >= 0.6 is 23.1 Å². The van der Waals surface area contributed by atoms with Gasteiger partial charge in [-0.1, -0.05) is 19.8 Å². The van der Waals surface area contributed by atoms with E-state index in [0.717, 1.165) is 19.0 Å². The van der Waals surface area contributed by atoms with Crippen molar-refractivity contribution in [2.75, 3.05) is 5.75 Å². The van der Waals surface area contributed by atoms with Crippen LogP contribution in [0.15, 0.2) is 0 Å². The van der Waals surface area contributed by atoms with Crippen molar-refractivity contribution in [3.05, 3.63) is 15.6 Å². The molecule has 1 aromatic rings. The number of thiazole rings is 1. The molecule has 0 aromatic carbocycles. The molecule has 2 fully saturated rings. The van der Waals surface area contributed by atoms with Gasteiger partial charge in [-0.3, -0.25) is 0 Å². The van der Waals surface area contributed by atoms with E-state index in [2.05, 4.69) is 24.0 Å². The number of hydrogen-bond donors (Lipinski definition) is 1. The van der Waals surface area contributed by atoms with Gasteiger partial charge in [-0.05, 0) is 37.9 Å². The highest BCUT2D eigenvalue weighted by Gasteiger charge is 2.24. The van der Waals surface area contributed by atoms with Crippen LogP contribution in [0.3, 0.4) is 0 Å². The second-order valence-electron chi connectivity index (χ2n) is 5.68. The van der Waals surface area contributed by atoms with Crippen LogP contribution in [0.4, 0.5) is 0 Å². The average Bonchev–Trinajstić information content (AvgIpc) is 3.19. The van der Waals surface area contributed by atoms with Gasteiger partial charge in [0.15, 0.2) is 0 Å². The van der Waals surface area contributed by atoms with E-state index in [1.165, 1.54) is 59.9 Å². The molecule has 1 unspecified atom stereocenters. The van der Waals surface area contributed by atoms with Crippen molar-refractivity contribution in [3.63, 3.8) is 0 Å². The lowest BCUT2D eigenvalue weighted by molar-refractivity contribution is 0.678. The summed E-state index contributed by atoms with van der Waals surface area (Å²) >= 11 is 4.10. The van der Waals surface area contributed by atoms with Crippen molar-refractivity contribution in [1.82, 2.24) is 10.3 Å². The highest BCUT2D eigenvalue weighted by molar-refractivity contribution is 7.99. The number of hydrogen-bond acceptors (Lipinski definition) is 4. The third-order valence-electron chi connectivity index (χ3n) is 3.87. The van der Waals surface area contributed by atoms with Crippen molar-refractivity contribution in [2.45, 2.75) is 69.7 Å². The summed E-state index contributed by atoms with van der Waals surface area (Å²) in [5.41, 5.74) is 1.38. The Morgan fingerprint density at radius 2 is 2.16 bits per heavy atom. The summed E-state index contributed by atoms with van der Waals surface area (Å²) in [5, 5.41) is 5.74. The van der Waals surface area contributed by atoms with Gasteiger partial charge in [0.25, 0.3) is 0 Å². The molecular formula is C15H24N2S2. The zero-order chi connectivity index (χ0) is 13.1. The predicted molar refractivity (Wildman–Crippen MR) is 85.0 cm³/mol. The number of aromatic nitrogens is 1. The zero-order valence-electron chi connectivity index (χ0n) is 11.8. The molecule has 19 heavy (non-hydrogen) atoms. The molecule has 1 aliphatic carbocycles. The minimum absolute atomic E-state index is 0.684. The molecule has 1 N–H and O–H groups in total. The molecule has 0 spiro atoms. The summed E-state index contributed by atoms with van der Waals surface area (Å²) in [6.45, 7) is 3.31. The topological polar surface area (TPSA) is 24.9 Å². The van der Waals surface area contributed by atoms with Gasteiger partial charge in [0.1, 0.15) is 5.01 Å². The first-order valence-corrected chi connectivity index (χ1v) is 9.56. The van der Waals surface area contributed by atoms with Gasteiger partial charge >= 0.3 is 0 Å². The number of rotatable bonds is 6. The largest absolute Gasteiger partial charge is 0.309 e. The molecule has 3 rings (SSSR count). The molecule has 1 aliphatic heterocycles. The molecule has 1 saturated carbocycles. The maximum atomic E-state index is 4.98. The van der Waals surface area contributed by atoms with Crippen molar-refractivity contribution in [2.24, 2.45) is 0 Å². The van der Waals surface area contributed by atoms with Crippen LogP contribution in [0.1, 0.15) is 66.3 Å². The van der Waals surface area contributed by atoms with E-state index in [1.807, 2.05) is 11.3 Å². The molecule has 0 amide bonds. The molecule has 0 bridgehead atoms. The summed E-state index contributed by atoms with van der Waals surface area (Å²) in [5.74, 6) is 1.32. The summed E-state index contributed by atoms with van der Waals surface area (Å²) in [4.78, 5) is 6.49. The van der Waals surface area contributed by atoms with E-state index in [-0.39, 0.29) is 0 Å². The predicted octanol–water partition coefficient (Wildman–Crippen LogP) is 4.31. The summed E-state index contributed by atoms with van der Waals surface area (Å²) in [6.07, 6.45) is 9.20. The number of nitrogens with one attached hydrogen (secondary N) is 1. The van der Waals surface area contributed by atoms with Gasteiger partial charge in [0, 0.05) is 17.5 Å². The van der Waals surface area contributed by atoms with Gasteiger partial charge in [-0.2, -0.15) is 11.8 Å². The van der Waals surface area contributed by atoms with E-state index in [9.17, 15) is 0 Å². The highest BCUT2D eigenvalue weighted by atomic mass is 32.2. The minimum atomic E-state index is 0.684. The van der Waals surface area contributed by atoms with E-state index in [1.54, 1.807) is 0 Å². The fraction of sp³-hybridized carbons (Fsp3) is 0.800. The van der Waals surface area contributed by atoms with Crippen LogP contribution in [0.25, 0.3) is 0 Å². The molecule has 1 aromatic heterocycles. The Hall–Kier alpha value is -0.0600. The Bertz CT molecular complexity index is 406. The van der Waals surface area contributed by atoms with Crippen LogP contribution in [0.5, 0.6) is 0 Å². The van der Waals surface area contributed by atoms with E-state index >= 15 is 0 Å². The Morgan fingerprint density at radius 3 is 2.84 bits per heavy atom. The van der Waals surface area contributed by atoms with Crippen molar-refractivity contribution in [1.29, 1.82) is 0 Å². The van der Waals surface area contributed by atoms with Crippen molar-refractivity contribution < 1.29 is 0 Å². The Balaban J connectivity index is 1.70. The van der Waals surface area contributed by atoms with Gasteiger partial charge in [0.05, 0.1) is 10.9 Å². The smallest absolute Gasteiger partial charge is 0.106 e. The molecule has 2 aliphatic rings. The SMILES string of the molecule is CCCc1nc(C2CCCCS2)sc1CNC1CC1. The molecule has 1 atom stereocenters. The quantitative estimate of drug-likeness (QED) is 0.847. The van der Waals surface area contributed by atoms with Gasteiger partial charge in [0.2, 0.25) is 0 Å². The van der Waals surface area contributed by atoms with Gasteiger partial charge in [-0.15, -0.1) is 11.3 Å². The molecule has 4 heteroatoms. The summed E-state index contributed by atoms with van der Waals surface area (Å²) in [6, 6.07) is 0.795. The third kappa shape index (κ3) is 3.73. The molecule has 0 radical (unpaired) electrons. The highest BCUT2D eigenvalue weighted by Crippen LogP contribution is 2.41. The fourth-order valence-corrected chi connectivity index (χ4v) is 5.18. The maximum Gasteiger partial charge on any atom is 0.106 e. The first kappa shape index (κ1) is 13.9. The molecular weight excluding hydrogens is 272 g/mol. The lowest BCUT2D eigenvalue weighted by Gasteiger charge is -2.18. The third-order valence-corrected chi connectivity index (χ3v) is 6.61. The normalized spacial score (nSPS) is 23.7. The lowest BCUT2D eigenvalue weighted by atomic mass is 10.2. The Labute approximate surface area is 124 Å². The number of nitrogens with zero attached hydrogens (tertiary/aromatic N) is 1. The lowest BCUT2D eigenvalue weighted by Crippen LogP contribution is -2.15. The molecule has 2 heterocycles. The van der Waals surface area contributed by atoms with Crippen LogP contribution in [0, 0.1) is 0 Å². The van der Waals surface area contributed by atoms with Gasteiger partial charge < -0.3 is 5.32 Å². The Kier molecular flexibility index (Phi) is 4.83. The standard InChI is InChI=1S/C15H24N2S2/c1-2-5-12-14(10-16-11-7-8-11)19-15(17-12)13-6-3-4-9-18-13/h11,13,16H,2-10H2,1H3. The van der Waals surface area contributed by atoms with Crippen LogP contribution in [0.2, 0.25) is 0 Å². The van der Waals surface area contributed by atoms with E-state index < -0.39 is 0 Å². The number of aryl methyl sites for hydroxylation is 1. The van der Waals surface area contributed by atoms with E-state index in [0.29, 0.717) is 5.25 Å². The summed E-state index contributed by atoms with van der Waals surface area (Å²) < 4.78 is 0. The van der Waals surface area contributed by atoms with Gasteiger partial charge in [-0.25, -0.2) is 4.98 Å². The van der Waals surface area contributed by atoms with Crippen LogP contribution in [-0.2, 0) is 13.0 Å². The molecule has 1 saturated heterocycles. The van der Waals surface area contributed by atoms with E-state index in [4.69, 9.17) is 4.98 Å². The van der Waals surface area contributed by atoms with Crippen LogP contribution in [-0.4, -0.2) is 16.8 Å².